The number of unbranched alkanes of at least 4 members (excludes halogenated alkanes) is 23. The highest BCUT2D eigenvalue weighted by Gasteiger charge is 2.24. The monoisotopic (exact) mass is 840 g/mol. The van der Waals surface area contributed by atoms with Crippen molar-refractivity contribution in [1.82, 2.24) is 5.32 Å². The van der Waals surface area contributed by atoms with Crippen LogP contribution in [-0.2, 0) is 14.3 Å². The standard InChI is InChI=1S/C54H97NO5/c1-4-7-10-13-16-19-22-24-26-27-29-32-35-38-41-44-47-54(59)60-50(45-42-39-36-33-30-21-18-15-12-9-6-3)48-53(58)55-51(49-56)52(57)46-43-40-37-34-31-28-25-23-20-17-14-11-8-5-2/h7,10,16,19,24,26,29,32-33,36,50-52,56-57H,4-6,8-9,11-15,17-18,20-23,25,27-28,30-31,34-35,37-49H2,1-3H3,(H,55,58)/b10-7+,19-16+,26-24+,32-29+,36-33-. The van der Waals surface area contributed by atoms with Gasteiger partial charge in [-0.1, -0.05) is 210 Å². The first-order chi connectivity index (χ1) is 29.5. The second-order valence-electron chi connectivity index (χ2n) is 17.2. The quantitative estimate of drug-likeness (QED) is 0.0322. The molecule has 0 aromatic heterocycles. The first-order valence-electron chi connectivity index (χ1n) is 25.5. The van der Waals surface area contributed by atoms with Crippen LogP contribution in [0.25, 0.3) is 0 Å². The largest absolute Gasteiger partial charge is 0.462 e. The molecule has 0 heterocycles. The van der Waals surface area contributed by atoms with Gasteiger partial charge in [-0.15, -0.1) is 0 Å². The van der Waals surface area contributed by atoms with Gasteiger partial charge in [0.15, 0.2) is 0 Å². The van der Waals surface area contributed by atoms with Gasteiger partial charge in [-0.2, -0.15) is 0 Å². The molecule has 0 rings (SSSR count). The second kappa shape index (κ2) is 47.6. The average Bonchev–Trinajstić information content (AvgIpc) is 3.24. The molecule has 0 saturated heterocycles. The molecule has 348 valence electrons. The highest BCUT2D eigenvalue weighted by molar-refractivity contribution is 5.77. The molecule has 0 saturated carbocycles. The van der Waals surface area contributed by atoms with Gasteiger partial charge in [-0.3, -0.25) is 9.59 Å². The molecule has 60 heavy (non-hydrogen) atoms. The smallest absolute Gasteiger partial charge is 0.306 e. The summed E-state index contributed by atoms with van der Waals surface area (Å²) < 4.78 is 5.89. The van der Waals surface area contributed by atoms with Crippen molar-refractivity contribution in [3.8, 4) is 0 Å². The van der Waals surface area contributed by atoms with Gasteiger partial charge in [-0.25, -0.2) is 0 Å². The van der Waals surface area contributed by atoms with Crippen LogP contribution in [0.5, 0.6) is 0 Å². The van der Waals surface area contributed by atoms with E-state index in [4.69, 9.17) is 4.74 Å². The number of aliphatic hydroxyl groups excluding tert-OH is 2. The van der Waals surface area contributed by atoms with Gasteiger partial charge in [0.25, 0.3) is 0 Å². The van der Waals surface area contributed by atoms with Crippen LogP contribution in [-0.4, -0.2) is 46.9 Å². The van der Waals surface area contributed by atoms with Crippen molar-refractivity contribution in [3.63, 3.8) is 0 Å². The molecule has 3 unspecified atom stereocenters. The molecule has 0 aliphatic heterocycles. The number of nitrogens with one attached hydrogen (secondary N) is 1. The summed E-state index contributed by atoms with van der Waals surface area (Å²) in [5.41, 5.74) is 0. The van der Waals surface area contributed by atoms with Crippen molar-refractivity contribution < 1.29 is 24.5 Å². The summed E-state index contributed by atoms with van der Waals surface area (Å²) in [7, 11) is 0. The van der Waals surface area contributed by atoms with Gasteiger partial charge in [0.2, 0.25) is 5.91 Å². The number of hydrogen-bond acceptors (Lipinski definition) is 5. The Kier molecular flexibility index (Phi) is 45.7. The Bertz CT molecular complexity index is 1080. The van der Waals surface area contributed by atoms with Crippen LogP contribution in [0.2, 0.25) is 0 Å². The topological polar surface area (TPSA) is 95.9 Å². The molecule has 0 aromatic rings. The summed E-state index contributed by atoms with van der Waals surface area (Å²) in [6.45, 7) is 6.34. The number of allylic oxidation sites excluding steroid dienone is 10. The molecular formula is C54H97NO5. The number of aliphatic hydroxyl groups is 2. The predicted octanol–water partition coefficient (Wildman–Crippen LogP) is 15.2. The van der Waals surface area contributed by atoms with E-state index in [0.717, 1.165) is 89.9 Å². The fraction of sp³-hybridized carbons (Fsp3) is 0.778. The third kappa shape index (κ3) is 42.3. The van der Waals surface area contributed by atoms with E-state index >= 15 is 0 Å². The third-order valence-corrected chi connectivity index (χ3v) is 11.3. The fourth-order valence-electron chi connectivity index (χ4n) is 7.48. The number of carbonyl (C=O) groups is 2. The SMILES string of the molecule is CC/C=C/C/C=C/C/C=C/C/C=C/CCCCCC(=O)OC(CCC/C=C\CCCCCCCC)CC(=O)NC(CO)C(O)CCCCCCCCCCCCCCCC. The molecule has 6 nitrogen and oxygen atoms in total. The summed E-state index contributed by atoms with van der Waals surface area (Å²) in [5, 5.41) is 23.7. The molecule has 3 atom stereocenters. The van der Waals surface area contributed by atoms with Gasteiger partial charge < -0.3 is 20.3 Å². The number of rotatable bonds is 45. The summed E-state index contributed by atoms with van der Waals surface area (Å²) in [6, 6.07) is -0.717. The molecule has 6 heteroatoms. The summed E-state index contributed by atoms with van der Waals surface area (Å²) in [5.74, 6) is -0.539. The Hall–Kier alpha value is -2.44. The Morgan fingerprint density at radius 1 is 0.500 bits per heavy atom. The van der Waals surface area contributed by atoms with E-state index in [9.17, 15) is 19.8 Å². The number of amides is 1. The minimum Gasteiger partial charge on any atom is -0.462 e. The molecule has 3 N–H and O–H groups in total. The van der Waals surface area contributed by atoms with Gasteiger partial charge >= 0.3 is 5.97 Å². The first kappa shape index (κ1) is 57.6. The zero-order chi connectivity index (χ0) is 43.8. The second-order valence-corrected chi connectivity index (χ2v) is 17.2. The van der Waals surface area contributed by atoms with Crippen molar-refractivity contribution >= 4 is 11.9 Å². The lowest BCUT2D eigenvalue weighted by Gasteiger charge is -2.24. The molecule has 0 aliphatic carbocycles. The Morgan fingerprint density at radius 2 is 0.917 bits per heavy atom. The van der Waals surface area contributed by atoms with Gasteiger partial charge in [0, 0.05) is 6.42 Å². The van der Waals surface area contributed by atoms with Crippen LogP contribution in [0.1, 0.15) is 245 Å². The Balaban J connectivity index is 4.61. The van der Waals surface area contributed by atoms with E-state index in [1.54, 1.807) is 0 Å². The average molecular weight is 840 g/mol. The highest BCUT2D eigenvalue weighted by Crippen LogP contribution is 2.17. The molecule has 0 bridgehead atoms. The Morgan fingerprint density at radius 3 is 1.42 bits per heavy atom. The van der Waals surface area contributed by atoms with E-state index < -0.39 is 18.2 Å². The van der Waals surface area contributed by atoms with E-state index in [2.05, 4.69) is 86.8 Å². The van der Waals surface area contributed by atoms with E-state index in [1.165, 1.54) is 109 Å². The van der Waals surface area contributed by atoms with Crippen molar-refractivity contribution in [2.45, 2.75) is 264 Å². The zero-order valence-electron chi connectivity index (χ0n) is 39.6. The van der Waals surface area contributed by atoms with Crippen LogP contribution >= 0.6 is 0 Å². The maximum atomic E-state index is 13.2. The first-order valence-corrected chi connectivity index (χ1v) is 25.5. The van der Waals surface area contributed by atoms with Crippen LogP contribution in [0.3, 0.4) is 0 Å². The third-order valence-electron chi connectivity index (χ3n) is 11.3. The van der Waals surface area contributed by atoms with Crippen LogP contribution < -0.4 is 5.32 Å². The maximum absolute atomic E-state index is 13.2. The fourth-order valence-corrected chi connectivity index (χ4v) is 7.48. The van der Waals surface area contributed by atoms with Gasteiger partial charge in [0.1, 0.15) is 6.10 Å². The van der Waals surface area contributed by atoms with Crippen molar-refractivity contribution in [1.29, 1.82) is 0 Å². The minimum absolute atomic E-state index is 0.0428. The van der Waals surface area contributed by atoms with E-state index in [0.29, 0.717) is 19.3 Å². The lowest BCUT2D eigenvalue weighted by Crippen LogP contribution is -2.46. The Labute approximate surface area is 371 Å². The molecular weight excluding hydrogens is 743 g/mol. The van der Waals surface area contributed by atoms with Crippen molar-refractivity contribution in [3.05, 3.63) is 60.8 Å². The van der Waals surface area contributed by atoms with Crippen LogP contribution in [0, 0.1) is 0 Å². The molecule has 0 aromatic carbocycles. The number of esters is 1. The lowest BCUT2D eigenvalue weighted by molar-refractivity contribution is -0.151. The number of carbonyl (C=O) groups excluding carboxylic acids is 2. The van der Waals surface area contributed by atoms with Crippen molar-refractivity contribution in [2.24, 2.45) is 0 Å². The summed E-state index contributed by atoms with van der Waals surface area (Å²) in [4.78, 5) is 26.1. The molecule has 0 aliphatic rings. The normalized spacial score (nSPS) is 13.8. The predicted molar refractivity (Wildman–Crippen MR) is 259 cm³/mol. The summed E-state index contributed by atoms with van der Waals surface area (Å²) in [6.07, 6.45) is 58.5. The van der Waals surface area contributed by atoms with E-state index in [-0.39, 0.29) is 24.9 Å². The molecule has 0 fully saturated rings. The summed E-state index contributed by atoms with van der Waals surface area (Å²) >= 11 is 0. The maximum Gasteiger partial charge on any atom is 0.306 e. The molecule has 1 amide bonds. The minimum atomic E-state index is -0.800. The number of ether oxygens (including phenoxy) is 1. The molecule has 0 radical (unpaired) electrons. The van der Waals surface area contributed by atoms with Gasteiger partial charge in [-0.05, 0) is 83.5 Å². The highest BCUT2D eigenvalue weighted by atomic mass is 16.5. The lowest BCUT2D eigenvalue weighted by atomic mass is 10.0. The van der Waals surface area contributed by atoms with Crippen LogP contribution in [0.4, 0.5) is 0 Å². The molecule has 0 spiro atoms. The van der Waals surface area contributed by atoms with Crippen molar-refractivity contribution in [2.75, 3.05) is 6.61 Å². The number of hydrogen-bond donors (Lipinski definition) is 3. The van der Waals surface area contributed by atoms with Gasteiger partial charge in [0.05, 0.1) is 25.2 Å². The van der Waals surface area contributed by atoms with E-state index in [1.807, 2.05) is 0 Å². The van der Waals surface area contributed by atoms with Crippen LogP contribution in [0.15, 0.2) is 60.8 Å². The zero-order valence-corrected chi connectivity index (χ0v) is 39.6.